The van der Waals surface area contributed by atoms with Crippen LogP contribution in [0, 0.1) is 5.41 Å². The number of hydrogen-bond acceptors (Lipinski definition) is 3. The maximum absolute atomic E-state index is 12.4. The molecule has 0 bridgehead atoms. The van der Waals surface area contributed by atoms with Crippen LogP contribution in [0.2, 0.25) is 0 Å². The van der Waals surface area contributed by atoms with Gasteiger partial charge in [0.1, 0.15) is 0 Å². The zero-order chi connectivity index (χ0) is 18.2. The molecule has 0 aliphatic heterocycles. The molecule has 1 aliphatic carbocycles. The third-order valence-electron chi connectivity index (χ3n) is 4.90. The van der Waals surface area contributed by atoms with E-state index in [9.17, 15) is 13.2 Å². The average molecular weight is 345 g/mol. The molecular formula is C16H22F3N3O2. The maximum atomic E-state index is 12.4. The Morgan fingerprint density at radius 3 is 2.46 bits per heavy atom. The Hall–Kier alpha value is -1.96. The molecule has 0 saturated heterocycles. The molecule has 2 unspecified atom stereocenters. The summed E-state index contributed by atoms with van der Waals surface area (Å²) in [5.74, 6) is -0.331. The number of nitrogens with two attached hydrogens (primary N) is 1. The largest absolute Gasteiger partial charge is 0.573 e. The number of halogens is 3. The van der Waals surface area contributed by atoms with E-state index in [1.165, 1.54) is 18.2 Å². The summed E-state index contributed by atoms with van der Waals surface area (Å²) in [4.78, 5) is 4.38. The highest BCUT2D eigenvalue weighted by atomic mass is 19.4. The lowest BCUT2D eigenvalue weighted by Gasteiger charge is -2.57. The number of guanidine groups is 1. The number of nitrogens with one attached hydrogen (secondary N) is 1. The second-order valence-corrected chi connectivity index (χ2v) is 6.56. The van der Waals surface area contributed by atoms with Gasteiger partial charge < -0.3 is 20.5 Å². The molecule has 1 saturated carbocycles. The summed E-state index contributed by atoms with van der Waals surface area (Å²) in [6.45, 7) is 6.03. The lowest BCUT2D eigenvalue weighted by molar-refractivity contribution is -0.274. The summed E-state index contributed by atoms with van der Waals surface area (Å²) in [5, 5.41) is 2.68. The van der Waals surface area contributed by atoms with Crippen LogP contribution < -0.4 is 15.8 Å². The number of methoxy groups -OCH3 is 1. The minimum absolute atomic E-state index is 0.0319. The Morgan fingerprint density at radius 2 is 1.92 bits per heavy atom. The zero-order valence-electron chi connectivity index (χ0n) is 14.1. The fraction of sp³-hybridized carbons (Fsp3) is 0.562. The molecule has 5 nitrogen and oxygen atoms in total. The highest BCUT2D eigenvalue weighted by Gasteiger charge is 2.58. The van der Waals surface area contributed by atoms with Gasteiger partial charge in [0.05, 0.1) is 17.3 Å². The number of benzene rings is 1. The van der Waals surface area contributed by atoms with Crippen molar-refractivity contribution in [3.8, 4) is 5.75 Å². The first kappa shape index (κ1) is 18.4. The maximum Gasteiger partial charge on any atom is 0.573 e. The van der Waals surface area contributed by atoms with Crippen molar-refractivity contribution in [3.05, 3.63) is 24.3 Å². The predicted molar refractivity (Wildman–Crippen MR) is 86.0 cm³/mol. The molecule has 0 aromatic heterocycles. The summed E-state index contributed by atoms with van der Waals surface area (Å²) in [7, 11) is 1.65. The van der Waals surface area contributed by atoms with Gasteiger partial charge in [-0.1, -0.05) is 26.0 Å². The predicted octanol–water partition coefficient (Wildman–Crippen LogP) is 3.52. The van der Waals surface area contributed by atoms with Crippen molar-refractivity contribution in [1.82, 2.24) is 0 Å². The number of hydrogen-bond donors (Lipinski definition) is 2. The number of alkyl halides is 3. The van der Waals surface area contributed by atoms with E-state index < -0.39 is 6.36 Å². The molecule has 1 aliphatic rings. The van der Waals surface area contributed by atoms with Crippen LogP contribution in [0.1, 0.15) is 27.2 Å². The highest BCUT2D eigenvalue weighted by Crippen LogP contribution is 2.53. The van der Waals surface area contributed by atoms with Crippen LogP contribution in [-0.4, -0.2) is 31.1 Å². The Kier molecular flexibility index (Phi) is 4.72. The van der Waals surface area contributed by atoms with E-state index in [2.05, 4.69) is 15.0 Å². The van der Waals surface area contributed by atoms with Crippen molar-refractivity contribution in [2.45, 2.75) is 45.2 Å². The van der Waals surface area contributed by atoms with Crippen molar-refractivity contribution in [2.75, 3.05) is 12.4 Å². The minimum atomic E-state index is -4.78. The third-order valence-corrected chi connectivity index (χ3v) is 4.90. The van der Waals surface area contributed by atoms with Crippen LogP contribution >= 0.6 is 0 Å². The Morgan fingerprint density at radius 1 is 1.29 bits per heavy atom. The number of ether oxygens (including phenoxy) is 2. The number of para-hydroxylation sites is 2. The molecule has 2 atom stereocenters. The van der Waals surface area contributed by atoms with E-state index in [1.807, 2.05) is 20.8 Å². The summed E-state index contributed by atoms with van der Waals surface area (Å²) >= 11 is 0. The van der Waals surface area contributed by atoms with Gasteiger partial charge in [0.2, 0.25) is 0 Å². The number of anilines is 1. The summed E-state index contributed by atoms with van der Waals surface area (Å²) < 4.78 is 46.8. The van der Waals surface area contributed by atoms with Gasteiger partial charge in [0.15, 0.2) is 11.7 Å². The van der Waals surface area contributed by atoms with E-state index in [0.717, 1.165) is 0 Å². The summed E-state index contributed by atoms with van der Waals surface area (Å²) in [5.41, 5.74) is 5.41. The number of aliphatic imine (C=N–C) groups is 1. The zero-order valence-corrected chi connectivity index (χ0v) is 14.1. The first-order valence-electron chi connectivity index (χ1n) is 7.49. The van der Waals surface area contributed by atoms with Crippen LogP contribution in [0.5, 0.6) is 5.75 Å². The molecule has 24 heavy (non-hydrogen) atoms. The van der Waals surface area contributed by atoms with E-state index >= 15 is 0 Å². The SMILES string of the molecule is COC1(C)CC(N=C(N)Nc2ccccc2OC(F)(F)F)C1(C)C. The minimum Gasteiger partial charge on any atom is -0.404 e. The smallest absolute Gasteiger partial charge is 0.404 e. The fourth-order valence-corrected chi connectivity index (χ4v) is 2.78. The molecule has 0 radical (unpaired) electrons. The highest BCUT2D eigenvalue weighted by molar-refractivity contribution is 5.93. The third kappa shape index (κ3) is 3.58. The topological polar surface area (TPSA) is 68.9 Å². The van der Waals surface area contributed by atoms with Crippen molar-refractivity contribution in [1.29, 1.82) is 0 Å². The number of nitrogens with zero attached hydrogens (tertiary/aromatic N) is 1. The Bertz CT molecular complexity index is 631. The molecule has 0 spiro atoms. The van der Waals surface area contributed by atoms with Gasteiger partial charge in [0, 0.05) is 12.5 Å². The standard InChI is InChI=1S/C16H22F3N3O2/c1-14(2)12(9-15(14,3)23-4)22-13(20)21-10-7-5-6-8-11(10)24-16(17,18)19/h5-8,12H,9H2,1-4H3,(H3,20,21,22). The molecule has 134 valence electrons. The number of rotatable bonds is 4. The van der Waals surface area contributed by atoms with E-state index in [4.69, 9.17) is 10.5 Å². The molecule has 1 fully saturated rings. The van der Waals surface area contributed by atoms with Gasteiger partial charge in [-0.2, -0.15) is 0 Å². The lowest BCUT2D eigenvalue weighted by Crippen LogP contribution is -2.62. The first-order chi connectivity index (χ1) is 11.0. The van der Waals surface area contributed by atoms with E-state index in [1.54, 1.807) is 13.2 Å². The van der Waals surface area contributed by atoms with Gasteiger partial charge in [-0.25, -0.2) is 4.99 Å². The van der Waals surface area contributed by atoms with Crippen LogP contribution in [0.15, 0.2) is 29.3 Å². The summed E-state index contributed by atoms with van der Waals surface area (Å²) in [6, 6.07) is 5.57. The van der Waals surface area contributed by atoms with Gasteiger partial charge >= 0.3 is 6.36 Å². The summed E-state index contributed by atoms with van der Waals surface area (Å²) in [6.07, 6.45) is -4.10. The molecule has 2 rings (SSSR count). The van der Waals surface area contributed by atoms with Gasteiger partial charge in [-0.15, -0.1) is 13.2 Å². The average Bonchev–Trinajstić information content (AvgIpc) is 2.47. The lowest BCUT2D eigenvalue weighted by atomic mass is 9.56. The quantitative estimate of drug-likeness (QED) is 0.647. The van der Waals surface area contributed by atoms with Crippen molar-refractivity contribution >= 4 is 11.6 Å². The van der Waals surface area contributed by atoms with Crippen LogP contribution in [0.25, 0.3) is 0 Å². The van der Waals surface area contributed by atoms with Crippen molar-refractivity contribution in [3.63, 3.8) is 0 Å². The fourth-order valence-electron chi connectivity index (χ4n) is 2.78. The van der Waals surface area contributed by atoms with Crippen LogP contribution in [0.3, 0.4) is 0 Å². The second-order valence-electron chi connectivity index (χ2n) is 6.56. The van der Waals surface area contributed by atoms with Crippen molar-refractivity contribution < 1.29 is 22.6 Å². The molecule has 0 heterocycles. The van der Waals surface area contributed by atoms with Crippen LogP contribution in [-0.2, 0) is 4.74 Å². The molecule has 3 N–H and O–H groups in total. The normalized spacial score (nSPS) is 26.6. The first-order valence-corrected chi connectivity index (χ1v) is 7.49. The van der Waals surface area contributed by atoms with Gasteiger partial charge in [-0.3, -0.25) is 0 Å². The monoisotopic (exact) mass is 345 g/mol. The van der Waals surface area contributed by atoms with Gasteiger partial charge in [-0.05, 0) is 25.5 Å². The van der Waals surface area contributed by atoms with Crippen LogP contribution in [0.4, 0.5) is 18.9 Å². The van der Waals surface area contributed by atoms with E-state index in [-0.39, 0.29) is 34.5 Å². The van der Waals surface area contributed by atoms with Crippen molar-refractivity contribution in [2.24, 2.45) is 16.1 Å². The molecule has 1 aromatic rings. The second kappa shape index (κ2) is 6.16. The van der Waals surface area contributed by atoms with Gasteiger partial charge in [0.25, 0.3) is 0 Å². The Labute approximate surface area is 139 Å². The molecule has 8 heteroatoms. The Balaban J connectivity index is 2.12. The van der Waals surface area contributed by atoms with E-state index in [0.29, 0.717) is 6.42 Å². The molecule has 1 aromatic carbocycles. The molecular weight excluding hydrogens is 323 g/mol. The molecule has 0 amide bonds.